The molecule has 0 unspecified atom stereocenters. The Kier molecular flexibility index (Phi) is 7.12. The van der Waals surface area contributed by atoms with E-state index in [9.17, 15) is 4.79 Å². The number of aliphatic carboxylic acids is 1. The van der Waals surface area contributed by atoms with Gasteiger partial charge in [-0.1, -0.05) is 24.3 Å². The Labute approximate surface area is 166 Å². The summed E-state index contributed by atoms with van der Waals surface area (Å²) in [5.41, 5.74) is 5.18. The summed E-state index contributed by atoms with van der Waals surface area (Å²) in [7, 11) is 1.69. The van der Waals surface area contributed by atoms with Crippen LogP contribution in [0.25, 0.3) is 5.57 Å². The molecule has 0 fully saturated rings. The van der Waals surface area contributed by atoms with Crippen molar-refractivity contribution in [2.75, 3.05) is 13.7 Å². The average molecular weight is 380 g/mol. The molecule has 0 aromatic heterocycles. The van der Waals surface area contributed by atoms with Crippen molar-refractivity contribution in [3.05, 3.63) is 65.2 Å². The molecule has 0 bridgehead atoms. The van der Waals surface area contributed by atoms with E-state index in [-0.39, 0.29) is 6.42 Å². The van der Waals surface area contributed by atoms with Crippen LogP contribution in [0, 0.1) is 0 Å². The number of methoxy groups -OCH3 is 1. The molecule has 2 aromatic carbocycles. The van der Waals surface area contributed by atoms with E-state index in [1.54, 1.807) is 7.11 Å². The maximum Gasteiger partial charge on any atom is 0.303 e. The zero-order valence-corrected chi connectivity index (χ0v) is 16.4. The van der Waals surface area contributed by atoms with Gasteiger partial charge >= 0.3 is 5.97 Å². The molecule has 148 valence electrons. The van der Waals surface area contributed by atoms with Gasteiger partial charge in [-0.15, -0.1) is 0 Å². The first kappa shape index (κ1) is 20.0. The summed E-state index contributed by atoms with van der Waals surface area (Å²) in [6.45, 7) is 0.611. The Morgan fingerprint density at radius 1 is 0.964 bits per heavy atom. The first-order chi connectivity index (χ1) is 13.7. The highest BCUT2D eigenvalue weighted by molar-refractivity contribution is 5.70. The predicted octanol–water partition coefficient (Wildman–Crippen LogP) is 5.51. The molecule has 0 radical (unpaired) electrons. The lowest BCUT2D eigenvalue weighted by Gasteiger charge is -2.21. The number of hydrogen-bond acceptors (Lipinski definition) is 3. The van der Waals surface area contributed by atoms with Gasteiger partial charge in [-0.3, -0.25) is 4.79 Å². The number of carboxylic acid groups (broad SMARTS) is 1. The molecule has 0 spiro atoms. The van der Waals surface area contributed by atoms with Gasteiger partial charge in [0.15, 0.2) is 0 Å². The number of carbonyl (C=O) groups is 1. The highest BCUT2D eigenvalue weighted by atomic mass is 16.5. The minimum absolute atomic E-state index is 0.209. The van der Waals surface area contributed by atoms with E-state index in [4.69, 9.17) is 14.6 Å². The lowest BCUT2D eigenvalue weighted by Crippen LogP contribution is -2.08. The smallest absolute Gasteiger partial charge is 0.303 e. The molecule has 0 saturated carbocycles. The van der Waals surface area contributed by atoms with Gasteiger partial charge in [-0.2, -0.15) is 0 Å². The minimum Gasteiger partial charge on any atom is -0.497 e. The van der Waals surface area contributed by atoms with E-state index in [2.05, 4.69) is 12.1 Å². The number of carboxylic acids is 1. The number of aryl methyl sites for hydroxylation is 1. The quantitative estimate of drug-likeness (QED) is 0.623. The molecule has 2 aromatic rings. The van der Waals surface area contributed by atoms with E-state index in [0.29, 0.717) is 13.0 Å². The molecular formula is C24H28O4. The molecule has 28 heavy (non-hydrogen) atoms. The van der Waals surface area contributed by atoms with Gasteiger partial charge in [0, 0.05) is 6.42 Å². The van der Waals surface area contributed by atoms with Gasteiger partial charge < -0.3 is 14.6 Å². The van der Waals surface area contributed by atoms with Crippen molar-refractivity contribution in [2.45, 2.75) is 44.9 Å². The Morgan fingerprint density at radius 2 is 1.64 bits per heavy atom. The van der Waals surface area contributed by atoms with Crippen molar-refractivity contribution in [3.8, 4) is 11.5 Å². The van der Waals surface area contributed by atoms with E-state index < -0.39 is 5.97 Å². The van der Waals surface area contributed by atoms with E-state index in [1.807, 2.05) is 36.4 Å². The van der Waals surface area contributed by atoms with Gasteiger partial charge in [-0.25, -0.2) is 0 Å². The van der Waals surface area contributed by atoms with Crippen molar-refractivity contribution in [2.24, 2.45) is 0 Å². The zero-order valence-electron chi connectivity index (χ0n) is 16.4. The molecule has 1 aliphatic carbocycles. The van der Waals surface area contributed by atoms with Gasteiger partial charge in [-0.05, 0) is 85.1 Å². The van der Waals surface area contributed by atoms with Crippen LogP contribution in [-0.2, 0) is 11.2 Å². The van der Waals surface area contributed by atoms with Gasteiger partial charge in [0.2, 0.25) is 0 Å². The number of rotatable bonds is 9. The van der Waals surface area contributed by atoms with E-state index in [0.717, 1.165) is 36.3 Å². The first-order valence-electron chi connectivity index (χ1n) is 9.94. The van der Waals surface area contributed by atoms with Crippen molar-refractivity contribution in [3.63, 3.8) is 0 Å². The average Bonchev–Trinajstić information content (AvgIpc) is 2.73. The monoisotopic (exact) mass is 380 g/mol. The van der Waals surface area contributed by atoms with Crippen LogP contribution in [0.2, 0.25) is 0 Å². The molecule has 0 amide bonds. The third-order valence-corrected chi connectivity index (χ3v) is 5.21. The van der Waals surface area contributed by atoms with Crippen molar-refractivity contribution < 1.29 is 19.4 Å². The molecule has 0 saturated heterocycles. The molecule has 3 rings (SSSR count). The van der Waals surface area contributed by atoms with Crippen molar-refractivity contribution >= 4 is 11.5 Å². The first-order valence-corrected chi connectivity index (χ1v) is 9.94. The van der Waals surface area contributed by atoms with Crippen LogP contribution in [-0.4, -0.2) is 24.8 Å². The number of ether oxygens (including phenoxy) is 2. The highest BCUT2D eigenvalue weighted by Gasteiger charge is 2.15. The third-order valence-electron chi connectivity index (χ3n) is 5.21. The van der Waals surface area contributed by atoms with Crippen LogP contribution >= 0.6 is 0 Å². The number of hydrogen-bond donors (Lipinski definition) is 1. The van der Waals surface area contributed by atoms with Gasteiger partial charge in [0.05, 0.1) is 7.11 Å². The lowest BCUT2D eigenvalue weighted by atomic mass is 9.87. The predicted molar refractivity (Wildman–Crippen MR) is 111 cm³/mol. The van der Waals surface area contributed by atoms with Crippen LogP contribution < -0.4 is 9.47 Å². The lowest BCUT2D eigenvalue weighted by molar-refractivity contribution is -0.137. The SMILES string of the molecule is COc1ccc(C2=C(COc3ccc(CCCC(=O)O)cc3)CCCC2)cc1. The second-order valence-electron chi connectivity index (χ2n) is 7.20. The second-order valence-corrected chi connectivity index (χ2v) is 7.20. The van der Waals surface area contributed by atoms with Crippen LogP contribution in [0.4, 0.5) is 0 Å². The summed E-state index contributed by atoms with van der Waals surface area (Å²) in [5, 5.41) is 8.73. The summed E-state index contributed by atoms with van der Waals surface area (Å²) in [4.78, 5) is 10.6. The van der Waals surface area contributed by atoms with Crippen LogP contribution in [0.1, 0.15) is 49.7 Å². The highest BCUT2D eigenvalue weighted by Crippen LogP contribution is 2.33. The summed E-state index contributed by atoms with van der Waals surface area (Å²) in [6, 6.07) is 16.3. The van der Waals surface area contributed by atoms with Gasteiger partial charge in [0.25, 0.3) is 0 Å². The molecule has 0 heterocycles. The zero-order chi connectivity index (χ0) is 19.8. The Balaban J connectivity index is 1.62. The largest absolute Gasteiger partial charge is 0.497 e. The second kappa shape index (κ2) is 9.98. The topological polar surface area (TPSA) is 55.8 Å². The van der Waals surface area contributed by atoms with E-state index >= 15 is 0 Å². The fraction of sp³-hybridized carbons (Fsp3) is 0.375. The Hall–Kier alpha value is -2.75. The molecular weight excluding hydrogens is 352 g/mol. The standard InChI is InChI=1S/C24H28O4/c1-27-21-15-11-19(12-16-21)23-7-3-2-6-20(23)17-28-22-13-9-18(10-14-22)5-4-8-24(25)26/h9-16H,2-8,17H2,1H3,(H,25,26). The number of benzene rings is 2. The summed E-state index contributed by atoms with van der Waals surface area (Å²) < 4.78 is 11.3. The normalized spacial score (nSPS) is 14.0. The Bertz CT molecular complexity index is 804. The molecule has 1 N–H and O–H groups in total. The van der Waals surface area contributed by atoms with Crippen LogP contribution in [0.3, 0.4) is 0 Å². The van der Waals surface area contributed by atoms with Crippen LogP contribution in [0.15, 0.2) is 54.1 Å². The molecule has 4 heteroatoms. The fourth-order valence-corrected chi connectivity index (χ4v) is 3.63. The maximum absolute atomic E-state index is 10.6. The molecule has 0 atom stereocenters. The molecule has 4 nitrogen and oxygen atoms in total. The minimum atomic E-state index is -0.742. The summed E-state index contributed by atoms with van der Waals surface area (Å²) in [6.07, 6.45) is 6.24. The van der Waals surface area contributed by atoms with Gasteiger partial charge in [0.1, 0.15) is 18.1 Å². The Morgan fingerprint density at radius 3 is 2.32 bits per heavy atom. The van der Waals surface area contributed by atoms with E-state index in [1.165, 1.54) is 29.6 Å². The van der Waals surface area contributed by atoms with Crippen LogP contribution in [0.5, 0.6) is 11.5 Å². The maximum atomic E-state index is 10.6. The molecule has 0 aliphatic heterocycles. The number of allylic oxidation sites excluding steroid dienone is 1. The third kappa shape index (κ3) is 5.62. The van der Waals surface area contributed by atoms with Crippen molar-refractivity contribution in [1.29, 1.82) is 0 Å². The summed E-state index contributed by atoms with van der Waals surface area (Å²) >= 11 is 0. The molecule has 1 aliphatic rings. The fourth-order valence-electron chi connectivity index (χ4n) is 3.63. The van der Waals surface area contributed by atoms with Crippen molar-refractivity contribution in [1.82, 2.24) is 0 Å². The summed E-state index contributed by atoms with van der Waals surface area (Å²) in [5.74, 6) is 0.990.